The van der Waals surface area contributed by atoms with Crippen LogP contribution in [0.1, 0.15) is 20.8 Å². The minimum atomic E-state index is -4.26. The zero-order valence-electron chi connectivity index (χ0n) is 12.1. The number of esters is 3. The van der Waals surface area contributed by atoms with Gasteiger partial charge >= 0.3 is 17.9 Å². The molecule has 0 heterocycles. The normalized spacial score (nSPS) is 11.0. The molecule has 0 aliphatic carbocycles. The molecule has 0 saturated carbocycles. The maximum Gasteiger partial charge on any atom is 0.335 e. The molecule has 0 rings (SSSR count). The maximum atomic E-state index is 11.7. The molecule has 0 aromatic heterocycles. The number of carbonyl (C=O) groups is 3. The van der Waals surface area contributed by atoms with Gasteiger partial charge in [0.1, 0.15) is 0 Å². The van der Waals surface area contributed by atoms with E-state index in [-0.39, 0.29) is 19.8 Å². The van der Waals surface area contributed by atoms with E-state index in [0.717, 1.165) is 0 Å². The predicted molar refractivity (Wildman–Crippen MR) is 70.6 cm³/mol. The summed E-state index contributed by atoms with van der Waals surface area (Å²) in [5.74, 6) is -4.24. The Morgan fingerprint density at radius 2 is 1.33 bits per heavy atom. The third-order valence-electron chi connectivity index (χ3n) is 1.96. The van der Waals surface area contributed by atoms with Crippen LogP contribution in [-0.2, 0) is 38.6 Å². The molecule has 10 heteroatoms. The molecule has 0 amide bonds. The highest BCUT2D eigenvalue weighted by atomic mass is 32.2. The number of carbonyl (C=O) groups excluding carboxylic acids is 3. The molecule has 0 radical (unpaired) electrons. The number of sulfonamides is 1. The Labute approximate surface area is 123 Å². The molecule has 21 heavy (non-hydrogen) atoms. The van der Waals surface area contributed by atoms with E-state index in [1.807, 2.05) is 0 Å². The number of hydrogen-bond donors (Lipinski definition) is 1. The van der Waals surface area contributed by atoms with Crippen molar-refractivity contribution >= 4 is 27.9 Å². The zero-order chi connectivity index (χ0) is 16.5. The van der Waals surface area contributed by atoms with E-state index >= 15 is 0 Å². The van der Waals surface area contributed by atoms with Crippen molar-refractivity contribution in [2.24, 2.45) is 0 Å². The van der Waals surface area contributed by atoms with Crippen LogP contribution < -0.4 is 4.72 Å². The Balaban J connectivity index is 4.98. The minimum Gasteiger partial charge on any atom is -0.465 e. The lowest BCUT2D eigenvalue weighted by Crippen LogP contribution is -2.49. The van der Waals surface area contributed by atoms with Crippen molar-refractivity contribution in [1.82, 2.24) is 4.72 Å². The van der Waals surface area contributed by atoms with Crippen LogP contribution in [0.2, 0.25) is 0 Å². The predicted octanol–water partition coefficient (Wildman–Crippen LogP) is -1.04. The highest BCUT2D eigenvalue weighted by molar-refractivity contribution is 7.90. The molecule has 0 spiro atoms. The number of rotatable bonds is 9. The van der Waals surface area contributed by atoms with E-state index < -0.39 is 39.7 Å². The summed E-state index contributed by atoms with van der Waals surface area (Å²) in [7, 11) is -4.26. The van der Waals surface area contributed by atoms with Gasteiger partial charge in [-0.2, -0.15) is 4.72 Å². The molecule has 0 aliphatic rings. The van der Waals surface area contributed by atoms with Crippen molar-refractivity contribution in [1.29, 1.82) is 0 Å². The van der Waals surface area contributed by atoms with Crippen LogP contribution in [0.15, 0.2) is 0 Å². The van der Waals surface area contributed by atoms with Gasteiger partial charge in [0, 0.05) is 0 Å². The van der Waals surface area contributed by atoms with E-state index in [0.29, 0.717) is 0 Å². The fraction of sp³-hybridized carbons (Fsp3) is 0.727. The fourth-order valence-corrected chi connectivity index (χ4v) is 2.25. The molecular formula is C11H19NO8S. The van der Waals surface area contributed by atoms with Crippen LogP contribution >= 0.6 is 0 Å². The second kappa shape index (κ2) is 9.29. The standard InChI is InChI=1S/C11H19NO8S/c1-4-18-8(13)7-21(16,17)12-9(10(14)19-5-2)11(15)20-6-3/h9,12H,4-7H2,1-3H3. The van der Waals surface area contributed by atoms with Crippen LogP contribution in [0, 0.1) is 0 Å². The van der Waals surface area contributed by atoms with Crippen LogP contribution in [0.3, 0.4) is 0 Å². The highest BCUT2D eigenvalue weighted by Gasteiger charge is 2.34. The van der Waals surface area contributed by atoms with Crippen molar-refractivity contribution in [2.75, 3.05) is 25.6 Å². The first-order valence-corrected chi connectivity index (χ1v) is 7.91. The second-order valence-electron chi connectivity index (χ2n) is 3.62. The summed E-state index contributed by atoms with van der Waals surface area (Å²) in [6, 6.07) is -1.86. The summed E-state index contributed by atoms with van der Waals surface area (Å²) in [6.07, 6.45) is 0. The lowest BCUT2D eigenvalue weighted by atomic mass is 10.3. The van der Waals surface area contributed by atoms with Crippen molar-refractivity contribution in [3.63, 3.8) is 0 Å². The van der Waals surface area contributed by atoms with Crippen molar-refractivity contribution in [3.8, 4) is 0 Å². The molecule has 0 aromatic rings. The molecule has 0 unspecified atom stereocenters. The van der Waals surface area contributed by atoms with Gasteiger partial charge in [0.05, 0.1) is 19.8 Å². The number of ether oxygens (including phenoxy) is 3. The van der Waals surface area contributed by atoms with Gasteiger partial charge in [-0.1, -0.05) is 0 Å². The Hall–Kier alpha value is -1.68. The van der Waals surface area contributed by atoms with E-state index in [4.69, 9.17) is 0 Å². The third kappa shape index (κ3) is 7.61. The average molecular weight is 325 g/mol. The first-order chi connectivity index (χ1) is 9.77. The van der Waals surface area contributed by atoms with E-state index in [9.17, 15) is 22.8 Å². The van der Waals surface area contributed by atoms with Gasteiger partial charge in [-0.15, -0.1) is 0 Å². The van der Waals surface area contributed by atoms with Crippen molar-refractivity contribution in [3.05, 3.63) is 0 Å². The smallest absolute Gasteiger partial charge is 0.335 e. The van der Waals surface area contributed by atoms with Crippen LogP contribution in [0.25, 0.3) is 0 Å². The first kappa shape index (κ1) is 19.3. The molecule has 0 aromatic carbocycles. The third-order valence-corrected chi connectivity index (χ3v) is 3.17. The molecule has 0 fully saturated rings. The highest BCUT2D eigenvalue weighted by Crippen LogP contribution is 1.99. The van der Waals surface area contributed by atoms with Gasteiger partial charge < -0.3 is 14.2 Å². The largest absolute Gasteiger partial charge is 0.465 e. The Kier molecular flexibility index (Phi) is 8.55. The van der Waals surface area contributed by atoms with Gasteiger partial charge in [0.25, 0.3) is 0 Å². The minimum absolute atomic E-state index is 0.00747. The zero-order valence-corrected chi connectivity index (χ0v) is 12.9. The molecule has 0 saturated heterocycles. The SMILES string of the molecule is CCOC(=O)CS(=O)(=O)NC(C(=O)OCC)C(=O)OCC. The van der Waals surface area contributed by atoms with Crippen LogP contribution in [0.5, 0.6) is 0 Å². The summed E-state index contributed by atoms with van der Waals surface area (Å²) in [6.45, 7) is 4.41. The van der Waals surface area contributed by atoms with Gasteiger partial charge in [0.15, 0.2) is 5.75 Å². The monoisotopic (exact) mass is 325 g/mol. The molecule has 1 N–H and O–H groups in total. The quantitative estimate of drug-likeness (QED) is 0.324. The van der Waals surface area contributed by atoms with E-state index in [1.54, 1.807) is 4.72 Å². The summed E-state index contributed by atoms with van der Waals surface area (Å²) in [4.78, 5) is 34.3. The Morgan fingerprint density at radius 3 is 1.71 bits per heavy atom. The van der Waals surface area contributed by atoms with E-state index in [1.165, 1.54) is 20.8 Å². The first-order valence-electron chi connectivity index (χ1n) is 6.26. The summed E-state index contributed by atoms with van der Waals surface area (Å²) in [5.41, 5.74) is 0. The molecule has 0 aliphatic heterocycles. The van der Waals surface area contributed by atoms with Crippen molar-refractivity contribution < 1.29 is 37.0 Å². The van der Waals surface area contributed by atoms with Gasteiger partial charge in [0.2, 0.25) is 16.1 Å². The van der Waals surface area contributed by atoms with Crippen LogP contribution in [-0.4, -0.2) is 57.9 Å². The Bertz CT molecular complexity index is 455. The summed E-state index contributed by atoms with van der Waals surface area (Å²) >= 11 is 0. The Morgan fingerprint density at radius 1 is 0.905 bits per heavy atom. The van der Waals surface area contributed by atoms with Crippen molar-refractivity contribution in [2.45, 2.75) is 26.8 Å². The summed E-state index contributed by atoms with van der Waals surface area (Å²) in [5, 5.41) is 0. The van der Waals surface area contributed by atoms with E-state index in [2.05, 4.69) is 14.2 Å². The number of hydrogen-bond acceptors (Lipinski definition) is 8. The molecule has 9 nitrogen and oxygen atoms in total. The van der Waals surface area contributed by atoms with Gasteiger partial charge in [-0.25, -0.2) is 18.0 Å². The fourth-order valence-electron chi connectivity index (χ4n) is 1.22. The lowest BCUT2D eigenvalue weighted by Gasteiger charge is -2.15. The molecule has 0 bridgehead atoms. The lowest BCUT2D eigenvalue weighted by molar-refractivity contribution is -0.157. The van der Waals surface area contributed by atoms with Crippen LogP contribution in [0.4, 0.5) is 0 Å². The van der Waals surface area contributed by atoms with Gasteiger partial charge in [-0.05, 0) is 20.8 Å². The average Bonchev–Trinajstić information content (AvgIpc) is 2.36. The molecule has 0 atom stereocenters. The summed E-state index contributed by atoms with van der Waals surface area (Å²) < 4.78 is 38.9. The second-order valence-corrected chi connectivity index (χ2v) is 5.37. The maximum absolute atomic E-state index is 11.7. The number of nitrogens with one attached hydrogen (secondary N) is 1. The van der Waals surface area contributed by atoms with Gasteiger partial charge in [-0.3, -0.25) is 4.79 Å². The molecular weight excluding hydrogens is 306 g/mol. The topological polar surface area (TPSA) is 125 Å². The molecule has 122 valence electrons.